The zero-order valence-electron chi connectivity index (χ0n) is 22.8. The minimum Gasteiger partial charge on any atom is -0.487 e. The molecule has 2 unspecified atom stereocenters. The van der Waals surface area contributed by atoms with Crippen LogP contribution in [-0.4, -0.2) is 50.8 Å². The molecule has 2 aromatic carbocycles. The van der Waals surface area contributed by atoms with Gasteiger partial charge in [-0.1, -0.05) is 41.9 Å². The number of fused-ring (bicyclic) bond motifs is 2. The van der Waals surface area contributed by atoms with Crippen LogP contribution in [0.2, 0.25) is 5.02 Å². The van der Waals surface area contributed by atoms with Crippen LogP contribution in [0.25, 0.3) is 5.57 Å². The molecule has 0 aliphatic carbocycles. The zero-order chi connectivity index (χ0) is 28.5. The first kappa shape index (κ1) is 28.3. The molecule has 0 spiro atoms. The number of pyridine rings is 1. The Kier molecular flexibility index (Phi) is 8.02. The average Bonchev–Trinajstić information content (AvgIpc) is 3.07. The molecule has 1 aromatic heterocycles. The Morgan fingerprint density at radius 2 is 1.98 bits per heavy atom. The highest BCUT2D eigenvalue weighted by molar-refractivity contribution is 6.30. The highest BCUT2D eigenvalue weighted by atomic mass is 35.5. The summed E-state index contributed by atoms with van der Waals surface area (Å²) < 4.78 is 6.11. The van der Waals surface area contributed by atoms with Gasteiger partial charge in [0, 0.05) is 47.9 Å². The lowest BCUT2D eigenvalue weighted by Gasteiger charge is -2.44. The van der Waals surface area contributed by atoms with Crippen molar-refractivity contribution in [2.75, 3.05) is 19.6 Å². The summed E-state index contributed by atoms with van der Waals surface area (Å²) in [6.45, 7) is 5.69. The third kappa shape index (κ3) is 5.93. The second-order valence-electron chi connectivity index (χ2n) is 11.2. The van der Waals surface area contributed by atoms with Crippen LogP contribution in [0.4, 0.5) is 0 Å². The van der Waals surface area contributed by atoms with Crippen LogP contribution in [-0.2, 0) is 22.6 Å². The number of carbonyl (C=O) groups is 1. The number of aliphatic carboxylic acids is 1. The molecule has 0 bridgehead atoms. The van der Waals surface area contributed by atoms with Crippen molar-refractivity contribution in [2.45, 2.75) is 50.9 Å². The Labute approximate surface area is 239 Å². The lowest BCUT2D eigenvalue weighted by Crippen LogP contribution is -2.50. The highest BCUT2D eigenvalue weighted by Gasteiger charge is 2.43. The van der Waals surface area contributed by atoms with Crippen LogP contribution >= 0.6 is 11.6 Å². The molecule has 3 heterocycles. The highest BCUT2D eigenvalue weighted by Crippen LogP contribution is 2.41. The van der Waals surface area contributed by atoms with Gasteiger partial charge in [0.15, 0.2) is 0 Å². The van der Waals surface area contributed by atoms with Gasteiger partial charge >= 0.3 is 5.97 Å². The summed E-state index contributed by atoms with van der Waals surface area (Å²) in [5.74, 6) is -0.647. The second kappa shape index (κ2) is 11.3. The van der Waals surface area contributed by atoms with E-state index in [-0.39, 0.29) is 6.42 Å². The van der Waals surface area contributed by atoms with E-state index in [0.29, 0.717) is 49.7 Å². The Morgan fingerprint density at radius 1 is 1.20 bits per heavy atom. The van der Waals surface area contributed by atoms with Gasteiger partial charge in [0.1, 0.15) is 12.4 Å². The van der Waals surface area contributed by atoms with E-state index in [1.807, 2.05) is 30.3 Å². The Balaban J connectivity index is 1.40. The van der Waals surface area contributed by atoms with Crippen molar-refractivity contribution in [1.29, 1.82) is 0 Å². The number of benzene rings is 2. The summed E-state index contributed by atoms with van der Waals surface area (Å²) in [6, 6.07) is 16.8. The van der Waals surface area contributed by atoms with Gasteiger partial charge < -0.3 is 25.0 Å². The number of likely N-dealkylation sites (tertiary alicyclic amines) is 1. The number of aromatic nitrogens is 1. The second-order valence-corrected chi connectivity index (χ2v) is 11.7. The van der Waals surface area contributed by atoms with Crippen molar-refractivity contribution < 1.29 is 24.9 Å². The number of ether oxygens (including phenoxy) is 1. The summed E-state index contributed by atoms with van der Waals surface area (Å²) >= 11 is 6.05. The maximum absolute atomic E-state index is 11.7. The van der Waals surface area contributed by atoms with Crippen LogP contribution < -0.4 is 4.74 Å². The van der Waals surface area contributed by atoms with Crippen molar-refractivity contribution in [3.8, 4) is 5.75 Å². The molecule has 0 radical (unpaired) electrons. The van der Waals surface area contributed by atoms with Gasteiger partial charge in [0.05, 0.1) is 23.3 Å². The van der Waals surface area contributed by atoms with Gasteiger partial charge in [-0.15, -0.1) is 0 Å². The van der Waals surface area contributed by atoms with Crippen LogP contribution in [0.1, 0.15) is 61.1 Å². The fourth-order valence-electron chi connectivity index (χ4n) is 5.80. The predicted molar refractivity (Wildman–Crippen MR) is 154 cm³/mol. The van der Waals surface area contributed by atoms with E-state index < -0.39 is 23.1 Å². The van der Waals surface area contributed by atoms with Crippen molar-refractivity contribution in [3.05, 3.63) is 99.8 Å². The quantitative estimate of drug-likeness (QED) is 0.356. The lowest BCUT2D eigenvalue weighted by molar-refractivity contribution is -0.145. The van der Waals surface area contributed by atoms with E-state index in [9.17, 15) is 20.1 Å². The number of halogens is 1. The van der Waals surface area contributed by atoms with Crippen molar-refractivity contribution in [2.24, 2.45) is 5.92 Å². The molecule has 3 N–H and O–H groups in total. The number of piperidine rings is 1. The summed E-state index contributed by atoms with van der Waals surface area (Å²) in [4.78, 5) is 18.5. The van der Waals surface area contributed by atoms with Crippen molar-refractivity contribution >= 4 is 23.1 Å². The summed E-state index contributed by atoms with van der Waals surface area (Å²) in [6.07, 6.45) is 4.95. The summed E-state index contributed by atoms with van der Waals surface area (Å²) in [7, 11) is 0. The zero-order valence-corrected chi connectivity index (χ0v) is 23.6. The first-order valence-electron chi connectivity index (χ1n) is 13.6. The fourth-order valence-corrected chi connectivity index (χ4v) is 5.93. The van der Waals surface area contributed by atoms with Gasteiger partial charge in [0.2, 0.25) is 0 Å². The molecule has 7 nitrogen and oxygen atoms in total. The van der Waals surface area contributed by atoms with E-state index in [0.717, 1.165) is 33.7 Å². The average molecular weight is 563 g/mol. The maximum atomic E-state index is 11.7. The summed E-state index contributed by atoms with van der Waals surface area (Å²) in [5.41, 5.74) is 3.01. The molecule has 1 fully saturated rings. The van der Waals surface area contributed by atoms with Crippen LogP contribution in [0.3, 0.4) is 0 Å². The number of rotatable bonds is 7. The molecule has 2 aliphatic rings. The molecule has 0 saturated carbocycles. The molecule has 2 atom stereocenters. The number of nitrogens with zero attached hydrogens (tertiary/aromatic N) is 2. The first-order chi connectivity index (χ1) is 19.0. The number of carboxylic acids is 1. The van der Waals surface area contributed by atoms with Gasteiger partial charge in [-0.05, 0) is 73.7 Å². The van der Waals surface area contributed by atoms with Crippen LogP contribution in [0, 0.1) is 5.92 Å². The third-order valence-electron chi connectivity index (χ3n) is 8.04. The number of hydrogen-bond acceptors (Lipinski definition) is 6. The number of aliphatic hydroxyl groups is 2. The Morgan fingerprint density at radius 3 is 2.70 bits per heavy atom. The van der Waals surface area contributed by atoms with Gasteiger partial charge in [-0.25, -0.2) is 0 Å². The maximum Gasteiger partial charge on any atom is 0.303 e. The van der Waals surface area contributed by atoms with E-state index in [1.165, 1.54) is 0 Å². The van der Waals surface area contributed by atoms with Crippen LogP contribution in [0.15, 0.2) is 66.9 Å². The van der Waals surface area contributed by atoms with Gasteiger partial charge in [-0.3, -0.25) is 9.78 Å². The molecule has 3 aromatic rings. The largest absolute Gasteiger partial charge is 0.487 e. The Bertz CT molecular complexity index is 1420. The normalized spacial score (nSPS) is 22.2. The minimum absolute atomic E-state index is 0.125. The fraction of sp³-hybridized carbons (Fsp3) is 0.375. The molecule has 1 saturated heterocycles. The van der Waals surface area contributed by atoms with Crippen molar-refractivity contribution in [3.63, 3.8) is 0 Å². The minimum atomic E-state index is -1.23. The lowest BCUT2D eigenvalue weighted by atomic mass is 9.74. The predicted octanol–water partition coefficient (Wildman–Crippen LogP) is 5.36. The molecule has 210 valence electrons. The molecule has 5 rings (SSSR count). The number of hydrogen-bond donors (Lipinski definition) is 3. The molecule has 0 amide bonds. The van der Waals surface area contributed by atoms with Gasteiger partial charge in [0.25, 0.3) is 0 Å². The molecular formula is C32H35ClN2O5. The van der Waals surface area contributed by atoms with E-state index in [2.05, 4.69) is 16.0 Å². The Hall–Kier alpha value is -3.23. The van der Waals surface area contributed by atoms with Crippen LogP contribution in [0.5, 0.6) is 5.75 Å². The number of carboxylic acid groups (broad SMARTS) is 1. The summed E-state index contributed by atoms with van der Waals surface area (Å²) in [5, 5.41) is 32.5. The third-order valence-corrected chi connectivity index (χ3v) is 8.30. The van der Waals surface area contributed by atoms with E-state index >= 15 is 0 Å². The monoisotopic (exact) mass is 562 g/mol. The standard InChI is InChI=1S/C32H35ClN2O5/c1-31(2,38)22-9-12-29-27(17-22)25(26-5-3-14-34-28(26)20-40-29)6-4-15-35-16-13-32(39,23(19-35)18-30(36)37)21-7-10-24(33)11-8-21/h3,5-12,14,17,23,38-39H,4,13,15-16,18-20H2,1-2H3,(H,36,37). The topological polar surface area (TPSA) is 103 Å². The molecule has 2 aliphatic heterocycles. The SMILES string of the molecule is CC(C)(O)c1ccc2c(c1)C(=CCCN1CCC(O)(c3ccc(Cl)cc3)C(CC(=O)O)C1)c1cccnc1CO2. The first-order valence-corrected chi connectivity index (χ1v) is 14.0. The van der Waals surface area contributed by atoms with E-state index in [1.54, 1.807) is 44.3 Å². The molecule has 8 heteroatoms. The smallest absolute Gasteiger partial charge is 0.303 e. The van der Waals surface area contributed by atoms with Crippen molar-refractivity contribution in [1.82, 2.24) is 9.88 Å². The molecular weight excluding hydrogens is 528 g/mol. The van der Waals surface area contributed by atoms with Gasteiger partial charge in [-0.2, -0.15) is 0 Å². The van der Waals surface area contributed by atoms with E-state index in [4.69, 9.17) is 16.3 Å². The molecule has 40 heavy (non-hydrogen) atoms.